The molecule has 4 atom stereocenters. The molecule has 4 unspecified atom stereocenters. The van der Waals surface area contributed by atoms with Crippen molar-refractivity contribution in [2.75, 3.05) is 11.5 Å². The fourth-order valence-electron chi connectivity index (χ4n) is 6.38. The molecule has 7 nitrogen and oxygen atoms in total. The number of fused-ring (bicyclic) bond motifs is 6. The summed E-state index contributed by atoms with van der Waals surface area (Å²) in [4.78, 5) is 58.3. The van der Waals surface area contributed by atoms with Crippen molar-refractivity contribution in [1.82, 2.24) is 4.98 Å². The molecule has 4 aromatic rings. The Bertz CT molecular complexity index is 1800. The highest BCUT2D eigenvalue weighted by molar-refractivity contribution is 6.31. The number of hydrogen-bond acceptors (Lipinski definition) is 6. The van der Waals surface area contributed by atoms with Crippen LogP contribution in [0.25, 0.3) is 22.2 Å². The Morgan fingerprint density at radius 1 is 0.833 bits per heavy atom. The van der Waals surface area contributed by atoms with E-state index in [9.17, 15) is 19.2 Å². The predicted molar refractivity (Wildman–Crippen MR) is 158 cm³/mol. The van der Waals surface area contributed by atoms with Gasteiger partial charge >= 0.3 is 5.97 Å². The molecule has 0 N–H and O–H groups in total. The molecular formula is C33H22Cl2N2O5. The van der Waals surface area contributed by atoms with Gasteiger partial charge in [-0.2, -0.15) is 0 Å². The van der Waals surface area contributed by atoms with E-state index in [2.05, 4.69) is 12.2 Å². The van der Waals surface area contributed by atoms with E-state index >= 15 is 0 Å². The fraction of sp³-hybridized carbons (Fsp3) is 0.182. The number of anilines is 1. The Labute approximate surface area is 250 Å². The van der Waals surface area contributed by atoms with Gasteiger partial charge in [-0.1, -0.05) is 47.5 Å². The van der Waals surface area contributed by atoms with Gasteiger partial charge in [0, 0.05) is 26.6 Å². The number of allylic oxidation sites excluding steroid dienone is 2. The molecule has 7 rings (SSSR count). The second-order valence-electron chi connectivity index (χ2n) is 10.8. The molecule has 0 radical (unpaired) electrons. The molecule has 2 aliphatic carbocycles. The maximum Gasteiger partial charge on any atom is 0.339 e. The van der Waals surface area contributed by atoms with E-state index in [4.69, 9.17) is 32.9 Å². The minimum absolute atomic E-state index is 0.135. The Morgan fingerprint density at radius 2 is 1.48 bits per heavy atom. The number of esters is 1. The molecule has 2 amide bonds. The third kappa shape index (κ3) is 4.40. The number of ether oxygens (including phenoxy) is 1. The number of benzene rings is 3. The van der Waals surface area contributed by atoms with Crippen molar-refractivity contribution >= 4 is 63.4 Å². The number of rotatable bonds is 6. The summed E-state index contributed by atoms with van der Waals surface area (Å²) in [5.41, 5.74) is 2.74. The van der Waals surface area contributed by atoms with E-state index < -0.39 is 12.6 Å². The Morgan fingerprint density at radius 3 is 2.14 bits per heavy atom. The van der Waals surface area contributed by atoms with E-state index in [1.54, 1.807) is 72.8 Å². The lowest BCUT2D eigenvalue weighted by Crippen LogP contribution is -2.32. The number of imide groups is 1. The number of Topliss-reactive ketones (excluding diaryl/α,β-unsaturated/α-hetero) is 1. The van der Waals surface area contributed by atoms with E-state index in [1.165, 1.54) is 4.90 Å². The lowest BCUT2D eigenvalue weighted by Gasteiger charge is -2.17. The Kier molecular flexibility index (Phi) is 6.44. The van der Waals surface area contributed by atoms with Gasteiger partial charge in [0.2, 0.25) is 11.8 Å². The topological polar surface area (TPSA) is 93.6 Å². The first-order valence-electron chi connectivity index (χ1n) is 13.5. The quantitative estimate of drug-likeness (QED) is 0.108. The zero-order chi connectivity index (χ0) is 29.1. The van der Waals surface area contributed by atoms with Crippen LogP contribution in [0.3, 0.4) is 0 Å². The van der Waals surface area contributed by atoms with Crippen LogP contribution in [0.4, 0.5) is 5.69 Å². The average molecular weight is 597 g/mol. The highest BCUT2D eigenvalue weighted by Gasteiger charge is 2.59. The zero-order valence-electron chi connectivity index (χ0n) is 22.0. The third-order valence-corrected chi connectivity index (χ3v) is 8.87. The average Bonchev–Trinajstić information content (AvgIpc) is 3.69. The normalized spacial score (nSPS) is 22.2. The lowest BCUT2D eigenvalue weighted by atomic mass is 9.85. The molecule has 2 bridgehead atoms. The van der Waals surface area contributed by atoms with Crippen LogP contribution in [0.5, 0.6) is 0 Å². The third-order valence-electron chi connectivity index (χ3n) is 8.38. The molecule has 1 aliphatic heterocycles. The Balaban J connectivity index is 1.16. The number of pyridine rings is 1. The van der Waals surface area contributed by atoms with Gasteiger partial charge in [-0.05, 0) is 78.9 Å². The molecule has 1 saturated carbocycles. The number of aromatic nitrogens is 1. The fourth-order valence-corrected chi connectivity index (χ4v) is 6.68. The molecule has 3 aliphatic rings. The van der Waals surface area contributed by atoms with Gasteiger partial charge < -0.3 is 4.74 Å². The first-order chi connectivity index (χ1) is 20.3. The van der Waals surface area contributed by atoms with Gasteiger partial charge in [-0.3, -0.25) is 19.3 Å². The van der Waals surface area contributed by atoms with Crippen molar-refractivity contribution < 1.29 is 23.9 Å². The number of ketones is 1. The summed E-state index contributed by atoms with van der Waals surface area (Å²) in [5, 5.41) is 1.39. The molecule has 3 aromatic carbocycles. The van der Waals surface area contributed by atoms with Crippen molar-refractivity contribution in [3.63, 3.8) is 0 Å². The summed E-state index contributed by atoms with van der Waals surface area (Å²) >= 11 is 12.1. The standard InChI is InChI=1S/C33H22Cl2N2O5/c34-21-7-3-18(4-8-21)28(38)16-42-33(41)25-15-27(36-26-12-9-22(35)14-24(25)26)17-5-10-23(11-6-17)37-31(39)29-19-1-2-20(13-19)30(29)32(37)40/h1-12,14-15,19-20,29-30H,13,16H2. The van der Waals surface area contributed by atoms with Crippen LogP contribution in [0.1, 0.15) is 27.1 Å². The van der Waals surface area contributed by atoms with Gasteiger partial charge in [-0.15, -0.1) is 0 Å². The van der Waals surface area contributed by atoms with Gasteiger partial charge in [0.1, 0.15) is 0 Å². The first-order valence-corrected chi connectivity index (χ1v) is 14.3. The van der Waals surface area contributed by atoms with Crippen LogP contribution in [-0.2, 0) is 14.3 Å². The molecule has 208 valence electrons. The van der Waals surface area contributed by atoms with Crippen LogP contribution in [0.15, 0.2) is 84.9 Å². The van der Waals surface area contributed by atoms with E-state index in [-0.39, 0.29) is 46.8 Å². The number of nitrogens with zero attached hydrogens (tertiary/aromatic N) is 2. The van der Waals surface area contributed by atoms with Crippen molar-refractivity contribution in [1.29, 1.82) is 0 Å². The van der Waals surface area contributed by atoms with Crippen LogP contribution in [0.2, 0.25) is 10.0 Å². The summed E-state index contributed by atoms with van der Waals surface area (Å²) in [6, 6.07) is 19.9. The first kappa shape index (κ1) is 26.6. The maximum atomic E-state index is 13.2. The molecule has 2 fully saturated rings. The van der Waals surface area contributed by atoms with Crippen LogP contribution < -0.4 is 4.90 Å². The molecule has 0 spiro atoms. The van der Waals surface area contributed by atoms with Crippen LogP contribution in [-0.4, -0.2) is 35.2 Å². The number of amides is 2. The van der Waals surface area contributed by atoms with E-state index in [1.807, 2.05) is 0 Å². The number of carbonyl (C=O) groups excluding carboxylic acids is 4. The predicted octanol–water partition coefficient (Wildman–Crippen LogP) is 6.56. The summed E-state index contributed by atoms with van der Waals surface area (Å²) in [6.45, 7) is -0.452. The minimum atomic E-state index is -0.701. The molecule has 2 heterocycles. The Hall–Kier alpha value is -4.33. The molecular weight excluding hydrogens is 575 g/mol. The monoisotopic (exact) mass is 596 g/mol. The van der Waals surface area contributed by atoms with E-state index in [0.29, 0.717) is 43.5 Å². The van der Waals surface area contributed by atoms with Gasteiger partial charge in [0.15, 0.2) is 12.4 Å². The highest BCUT2D eigenvalue weighted by Crippen LogP contribution is 2.53. The van der Waals surface area contributed by atoms with Crippen LogP contribution >= 0.6 is 23.2 Å². The van der Waals surface area contributed by atoms with E-state index in [0.717, 1.165) is 6.42 Å². The molecule has 42 heavy (non-hydrogen) atoms. The second-order valence-corrected chi connectivity index (χ2v) is 11.7. The number of hydrogen-bond donors (Lipinski definition) is 0. The summed E-state index contributed by atoms with van der Waals surface area (Å²) in [6.07, 6.45) is 5.01. The summed E-state index contributed by atoms with van der Waals surface area (Å²) < 4.78 is 5.40. The smallest absolute Gasteiger partial charge is 0.339 e. The van der Waals surface area contributed by atoms with Crippen LogP contribution in [0, 0.1) is 23.7 Å². The van der Waals surface area contributed by atoms with Crippen molar-refractivity contribution in [3.8, 4) is 11.3 Å². The molecule has 1 aromatic heterocycles. The zero-order valence-corrected chi connectivity index (χ0v) is 23.5. The van der Waals surface area contributed by atoms with Gasteiger partial charge in [0.25, 0.3) is 0 Å². The summed E-state index contributed by atoms with van der Waals surface area (Å²) in [5.74, 6) is -1.64. The maximum absolute atomic E-state index is 13.2. The van der Waals surface area contributed by atoms with Gasteiger partial charge in [-0.25, -0.2) is 9.78 Å². The molecule has 1 saturated heterocycles. The van der Waals surface area contributed by atoms with Gasteiger partial charge in [0.05, 0.1) is 34.3 Å². The highest BCUT2D eigenvalue weighted by atomic mass is 35.5. The lowest BCUT2D eigenvalue weighted by molar-refractivity contribution is -0.123. The summed E-state index contributed by atoms with van der Waals surface area (Å²) in [7, 11) is 0. The number of halogens is 2. The minimum Gasteiger partial charge on any atom is -0.454 e. The number of carbonyl (C=O) groups is 4. The SMILES string of the molecule is O=C(COC(=O)c1cc(-c2ccc(N3C(=O)C4C5C=CC(C5)C4C3=O)cc2)nc2ccc(Cl)cc12)c1ccc(Cl)cc1. The van der Waals surface area contributed by atoms with Crippen molar-refractivity contribution in [3.05, 3.63) is 106 Å². The van der Waals surface area contributed by atoms with Crippen molar-refractivity contribution in [2.24, 2.45) is 23.7 Å². The largest absolute Gasteiger partial charge is 0.454 e. The second kappa shape index (κ2) is 10.2. The van der Waals surface area contributed by atoms with Crippen molar-refractivity contribution in [2.45, 2.75) is 6.42 Å². The molecule has 9 heteroatoms.